The molecule has 7 nitrogen and oxygen atoms in total. The van der Waals surface area contributed by atoms with Crippen molar-refractivity contribution in [1.82, 2.24) is 19.8 Å². The van der Waals surface area contributed by atoms with Crippen molar-refractivity contribution in [2.24, 2.45) is 5.73 Å². The molecule has 1 aromatic rings. The third kappa shape index (κ3) is 3.31. The maximum atomic E-state index is 12.2. The minimum Gasteiger partial charge on any atom is -0.352 e. The number of carbonyl (C=O) groups excluding carboxylic acids is 2. The second-order valence-corrected chi connectivity index (χ2v) is 4.72. The predicted octanol–water partition coefficient (Wildman–Crippen LogP) is -0.808. The van der Waals surface area contributed by atoms with Gasteiger partial charge in [-0.2, -0.15) is 0 Å². The molecule has 0 aliphatic carbocycles. The van der Waals surface area contributed by atoms with Crippen LogP contribution < -0.4 is 11.1 Å². The van der Waals surface area contributed by atoms with E-state index < -0.39 is 0 Å². The SMILES string of the molecule is CC(=O)NC1CCN(C(=O)c2cn(CCN)cn2)C1. The maximum Gasteiger partial charge on any atom is 0.274 e. The van der Waals surface area contributed by atoms with Crippen LogP contribution in [0.15, 0.2) is 12.5 Å². The highest BCUT2D eigenvalue weighted by Crippen LogP contribution is 2.12. The van der Waals surface area contributed by atoms with E-state index in [4.69, 9.17) is 5.73 Å². The van der Waals surface area contributed by atoms with Crippen molar-refractivity contribution < 1.29 is 9.59 Å². The van der Waals surface area contributed by atoms with Gasteiger partial charge in [-0.3, -0.25) is 9.59 Å². The van der Waals surface area contributed by atoms with Crippen LogP contribution in [0.5, 0.6) is 0 Å². The number of hydrogen-bond acceptors (Lipinski definition) is 4. The van der Waals surface area contributed by atoms with E-state index in [0.29, 0.717) is 31.9 Å². The van der Waals surface area contributed by atoms with E-state index in [1.807, 2.05) is 0 Å². The monoisotopic (exact) mass is 265 g/mol. The number of nitrogens with zero attached hydrogens (tertiary/aromatic N) is 3. The summed E-state index contributed by atoms with van der Waals surface area (Å²) in [6.45, 7) is 3.84. The minimum absolute atomic E-state index is 0.0487. The van der Waals surface area contributed by atoms with E-state index in [1.165, 1.54) is 6.92 Å². The number of nitrogens with two attached hydrogens (primary N) is 1. The number of hydrogen-bond donors (Lipinski definition) is 2. The van der Waals surface area contributed by atoms with Crippen LogP contribution in [0, 0.1) is 0 Å². The summed E-state index contributed by atoms with van der Waals surface area (Å²) in [7, 11) is 0. The van der Waals surface area contributed by atoms with Crippen LogP contribution in [0.25, 0.3) is 0 Å². The molecule has 3 N–H and O–H groups in total. The molecule has 19 heavy (non-hydrogen) atoms. The zero-order chi connectivity index (χ0) is 13.8. The van der Waals surface area contributed by atoms with Crippen molar-refractivity contribution in [2.75, 3.05) is 19.6 Å². The molecule has 1 saturated heterocycles. The zero-order valence-corrected chi connectivity index (χ0v) is 11.0. The molecular weight excluding hydrogens is 246 g/mol. The molecule has 1 fully saturated rings. The van der Waals surface area contributed by atoms with E-state index in [2.05, 4.69) is 10.3 Å². The molecule has 2 heterocycles. The quantitative estimate of drug-likeness (QED) is 0.744. The first-order valence-electron chi connectivity index (χ1n) is 6.38. The molecule has 0 spiro atoms. The van der Waals surface area contributed by atoms with E-state index in [1.54, 1.807) is 22.0 Å². The van der Waals surface area contributed by atoms with Gasteiger partial charge in [0.15, 0.2) is 0 Å². The molecule has 2 rings (SSSR count). The van der Waals surface area contributed by atoms with E-state index in [-0.39, 0.29) is 17.9 Å². The van der Waals surface area contributed by atoms with Crippen molar-refractivity contribution >= 4 is 11.8 Å². The first kappa shape index (κ1) is 13.5. The molecule has 1 unspecified atom stereocenters. The average Bonchev–Trinajstić information content (AvgIpc) is 2.97. The Morgan fingerprint density at radius 3 is 3.05 bits per heavy atom. The van der Waals surface area contributed by atoms with Crippen LogP contribution in [-0.2, 0) is 11.3 Å². The molecule has 2 amide bonds. The number of rotatable bonds is 4. The van der Waals surface area contributed by atoms with Gasteiger partial charge in [-0.25, -0.2) is 4.98 Å². The fraction of sp³-hybridized carbons (Fsp3) is 0.583. The minimum atomic E-state index is -0.0939. The lowest BCUT2D eigenvalue weighted by Crippen LogP contribution is -2.37. The summed E-state index contributed by atoms with van der Waals surface area (Å²) in [6.07, 6.45) is 4.11. The molecule has 0 saturated carbocycles. The summed E-state index contributed by atoms with van der Waals surface area (Å²) in [4.78, 5) is 29.0. The normalized spacial score (nSPS) is 18.6. The summed E-state index contributed by atoms with van der Waals surface area (Å²) in [6, 6.07) is 0.0487. The average molecular weight is 265 g/mol. The van der Waals surface area contributed by atoms with Gasteiger partial charge in [0, 0.05) is 45.3 Å². The number of imidazole rings is 1. The Morgan fingerprint density at radius 2 is 2.37 bits per heavy atom. The van der Waals surface area contributed by atoms with Crippen LogP contribution in [0.4, 0.5) is 0 Å². The number of aromatic nitrogens is 2. The van der Waals surface area contributed by atoms with Gasteiger partial charge < -0.3 is 20.5 Å². The smallest absolute Gasteiger partial charge is 0.274 e. The van der Waals surface area contributed by atoms with Crippen molar-refractivity contribution in [3.8, 4) is 0 Å². The van der Waals surface area contributed by atoms with Gasteiger partial charge in [0.25, 0.3) is 5.91 Å². The second-order valence-electron chi connectivity index (χ2n) is 4.72. The molecule has 1 aliphatic rings. The number of nitrogens with one attached hydrogen (secondary N) is 1. The zero-order valence-electron chi connectivity index (χ0n) is 11.0. The fourth-order valence-electron chi connectivity index (χ4n) is 2.25. The number of amides is 2. The van der Waals surface area contributed by atoms with Crippen LogP contribution in [-0.4, -0.2) is 51.9 Å². The Kier molecular flexibility index (Phi) is 4.16. The Morgan fingerprint density at radius 1 is 1.58 bits per heavy atom. The topological polar surface area (TPSA) is 93.2 Å². The standard InChI is InChI=1S/C12H19N5O2/c1-9(18)15-10-2-4-17(6-10)12(19)11-7-16(5-3-13)8-14-11/h7-8,10H,2-6,13H2,1H3,(H,15,18). The van der Waals surface area contributed by atoms with Crippen LogP contribution in [0.1, 0.15) is 23.8 Å². The summed E-state index contributed by atoms with van der Waals surface area (Å²) in [5.41, 5.74) is 5.88. The summed E-state index contributed by atoms with van der Waals surface area (Å²) in [5.74, 6) is -0.157. The molecule has 0 radical (unpaired) electrons. The van der Waals surface area contributed by atoms with Crippen molar-refractivity contribution in [3.63, 3.8) is 0 Å². The van der Waals surface area contributed by atoms with E-state index >= 15 is 0 Å². The third-order valence-corrected chi connectivity index (χ3v) is 3.12. The first-order valence-corrected chi connectivity index (χ1v) is 6.38. The molecule has 1 aliphatic heterocycles. The predicted molar refractivity (Wildman–Crippen MR) is 69.4 cm³/mol. The lowest BCUT2D eigenvalue weighted by molar-refractivity contribution is -0.119. The Bertz CT molecular complexity index is 470. The van der Waals surface area contributed by atoms with Gasteiger partial charge in [0.2, 0.25) is 5.91 Å². The Balaban J connectivity index is 1.94. The van der Waals surface area contributed by atoms with Gasteiger partial charge in [-0.05, 0) is 6.42 Å². The summed E-state index contributed by atoms with van der Waals surface area (Å²) >= 11 is 0. The highest BCUT2D eigenvalue weighted by atomic mass is 16.2. The second kappa shape index (κ2) is 5.83. The highest BCUT2D eigenvalue weighted by Gasteiger charge is 2.28. The summed E-state index contributed by atoms with van der Waals surface area (Å²) < 4.78 is 1.80. The molecule has 0 bridgehead atoms. The van der Waals surface area contributed by atoms with Crippen molar-refractivity contribution in [3.05, 3.63) is 18.2 Å². The van der Waals surface area contributed by atoms with Crippen molar-refractivity contribution in [1.29, 1.82) is 0 Å². The van der Waals surface area contributed by atoms with Gasteiger partial charge in [0.1, 0.15) is 5.69 Å². The maximum absolute atomic E-state index is 12.2. The number of likely N-dealkylation sites (tertiary alicyclic amines) is 1. The fourth-order valence-corrected chi connectivity index (χ4v) is 2.25. The van der Waals surface area contributed by atoms with Crippen LogP contribution >= 0.6 is 0 Å². The van der Waals surface area contributed by atoms with E-state index in [9.17, 15) is 9.59 Å². The van der Waals surface area contributed by atoms with Crippen LogP contribution in [0.2, 0.25) is 0 Å². The molecule has 7 heteroatoms. The molecule has 0 aromatic carbocycles. The molecule has 104 valence electrons. The third-order valence-electron chi connectivity index (χ3n) is 3.12. The molecular formula is C12H19N5O2. The van der Waals surface area contributed by atoms with E-state index in [0.717, 1.165) is 6.42 Å². The Labute approximate surface area is 111 Å². The van der Waals surface area contributed by atoms with Gasteiger partial charge in [0.05, 0.1) is 6.33 Å². The lowest BCUT2D eigenvalue weighted by Gasteiger charge is -2.15. The Hall–Kier alpha value is -1.89. The van der Waals surface area contributed by atoms with Crippen LogP contribution in [0.3, 0.4) is 0 Å². The first-order chi connectivity index (χ1) is 9.10. The summed E-state index contributed by atoms with van der Waals surface area (Å²) in [5, 5.41) is 2.83. The lowest BCUT2D eigenvalue weighted by atomic mass is 10.2. The highest BCUT2D eigenvalue weighted by molar-refractivity contribution is 5.92. The van der Waals surface area contributed by atoms with Gasteiger partial charge in [-0.15, -0.1) is 0 Å². The molecule has 1 atom stereocenters. The van der Waals surface area contributed by atoms with Crippen molar-refractivity contribution in [2.45, 2.75) is 25.9 Å². The number of carbonyl (C=O) groups is 2. The van der Waals surface area contributed by atoms with Gasteiger partial charge in [-0.1, -0.05) is 0 Å². The largest absolute Gasteiger partial charge is 0.352 e. The van der Waals surface area contributed by atoms with Gasteiger partial charge >= 0.3 is 0 Å². The molecule has 1 aromatic heterocycles.